The average Bonchev–Trinajstić information content (AvgIpc) is 2.03. The van der Waals surface area contributed by atoms with Crippen molar-refractivity contribution in [3.63, 3.8) is 0 Å². The molecule has 0 amide bonds. The van der Waals surface area contributed by atoms with Crippen LogP contribution in [-0.2, 0) is 4.79 Å². The molecule has 2 nitrogen and oxygen atoms in total. The molecule has 2 heteroatoms. The third-order valence-corrected chi connectivity index (χ3v) is 2.21. The van der Waals surface area contributed by atoms with Crippen LogP contribution in [0, 0.1) is 5.92 Å². The minimum Gasteiger partial charge on any atom is -0.302 e. The zero-order valence-electron chi connectivity index (χ0n) is 7.82. The largest absolute Gasteiger partial charge is 0.302 e. The number of aldehydes is 1. The zero-order chi connectivity index (χ0) is 9.14. The minimum absolute atomic E-state index is 0. The van der Waals surface area contributed by atoms with Crippen molar-refractivity contribution in [3.8, 4) is 0 Å². The van der Waals surface area contributed by atoms with Gasteiger partial charge in [-0.25, -0.2) is 0 Å². The van der Waals surface area contributed by atoms with Gasteiger partial charge in [0.2, 0.25) is 0 Å². The highest BCUT2D eigenvalue weighted by Gasteiger charge is 2.17. The Morgan fingerprint density at radius 2 is 2.08 bits per heavy atom. The van der Waals surface area contributed by atoms with E-state index in [2.05, 4.69) is 17.9 Å². The molecule has 2 unspecified atom stereocenters. The molecule has 0 fully saturated rings. The van der Waals surface area contributed by atoms with Crippen LogP contribution in [0.5, 0.6) is 0 Å². The molecule has 0 aromatic carbocycles. The Kier molecular flexibility index (Phi) is 4.63. The lowest BCUT2D eigenvalue weighted by atomic mass is 9.93. The van der Waals surface area contributed by atoms with E-state index in [1.54, 1.807) is 0 Å². The summed E-state index contributed by atoms with van der Waals surface area (Å²) in [6.07, 6.45) is 6.88. The maximum Gasteiger partial charge on any atom is 0.149 e. The third-order valence-electron chi connectivity index (χ3n) is 2.21. The molecule has 1 aliphatic rings. The number of carbonyl (C=O) groups excluding carboxylic acids is 1. The number of allylic oxidation sites excluding steroid dienone is 2. The molecule has 1 aliphatic carbocycles. The monoisotopic (exact) mass is 181 g/mol. The Morgan fingerprint density at radius 1 is 1.46 bits per heavy atom. The van der Waals surface area contributed by atoms with E-state index in [0.29, 0.717) is 12.0 Å². The van der Waals surface area contributed by atoms with Crippen molar-refractivity contribution < 1.29 is 4.79 Å². The molecule has 13 heavy (non-hydrogen) atoms. The van der Waals surface area contributed by atoms with Gasteiger partial charge >= 0.3 is 0 Å². The highest BCUT2D eigenvalue weighted by molar-refractivity contribution is 5.78. The summed E-state index contributed by atoms with van der Waals surface area (Å²) in [5.74, 6) is 0.421. The van der Waals surface area contributed by atoms with E-state index in [-0.39, 0.29) is 7.43 Å². The molecule has 0 saturated carbocycles. The van der Waals surface area contributed by atoms with Crippen LogP contribution in [0.2, 0.25) is 0 Å². The van der Waals surface area contributed by atoms with Gasteiger partial charge in [0.25, 0.3) is 0 Å². The molecule has 1 rings (SSSR count). The molecule has 74 valence electrons. The van der Waals surface area contributed by atoms with Crippen molar-refractivity contribution in [3.05, 3.63) is 23.8 Å². The van der Waals surface area contributed by atoms with Crippen molar-refractivity contribution in [2.45, 2.75) is 20.4 Å². The fourth-order valence-corrected chi connectivity index (χ4v) is 1.56. The van der Waals surface area contributed by atoms with Crippen molar-refractivity contribution in [1.29, 1.82) is 0 Å². The number of nitrogens with zero attached hydrogens (tertiary/aromatic N) is 1. The topological polar surface area (TPSA) is 20.3 Å². The highest BCUT2D eigenvalue weighted by atomic mass is 16.1. The van der Waals surface area contributed by atoms with Crippen LogP contribution >= 0.6 is 0 Å². The van der Waals surface area contributed by atoms with E-state index < -0.39 is 0 Å². The summed E-state index contributed by atoms with van der Waals surface area (Å²) in [4.78, 5) is 12.6. The van der Waals surface area contributed by atoms with Crippen LogP contribution in [0.3, 0.4) is 0 Å². The second-order valence-electron chi connectivity index (χ2n) is 3.46. The molecule has 0 bridgehead atoms. The zero-order valence-corrected chi connectivity index (χ0v) is 7.82. The van der Waals surface area contributed by atoms with Gasteiger partial charge in [0.1, 0.15) is 6.29 Å². The Bertz CT molecular complexity index is 228. The summed E-state index contributed by atoms with van der Waals surface area (Å²) in [6.45, 7) is 2.12. The molecule has 0 aromatic heterocycles. The second-order valence-corrected chi connectivity index (χ2v) is 3.46. The summed E-state index contributed by atoms with van der Waals surface area (Å²) in [6, 6.07) is 0.425. The standard InChI is InChI=1S/C10H15NO.CH4/c1-8-6-9(7-12)4-5-10(8)11(2)3;/h4-8,10H,1-3H3;1H4. The summed E-state index contributed by atoms with van der Waals surface area (Å²) >= 11 is 0. The van der Waals surface area contributed by atoms with Gasteiger partial charge in [0, 0.05) is 11.6 Å². The predicted molar refractivity (Wildman–Crippen MR) is 56.7 cm³/mol. The van der Waals surface area contributed by atoms with E-state index >= 15 is 0 Å². The van der Waals surface area contributed by atoms with Crippen LogP contribution in [0.4, 0.5) is 0 Å². The van der Waals surface area contributed by atoms with E-state index in [1.165, 1.54) is 0 Å². The SMILES string of the molecule is C.CC1C=C(C=O)C=CC1N(C)C. The Labute approximate surface area is 80.9 Å². The molecular weight excluding hydrogens is 162 g/mol. The minimum atomic E-state index is 0. The van der Waals surface area contributed by atoms with Gasteiger partial charge in [0.05, 0.1) is 0 Å². The lowest BCUT2D eigenvalue weighted by molar-refractivity contribution is -0.104. The molecule has 0 radical (unpaired) electrons. The van der Waals surface area contributed by atoms with Crippen LogP contribution in [-0.4, -0.2) is 31.3 Å². The summed E-state index contributed by atoms with van der Waals surface area (Å²) in [5, 5.41) is 0. The molecule has 0 aromatic rings. The second kappa shape index (κ2) is 4.97. The van der Waals surface area contributed by atoms with E-state index in [4.69, 9.17) is 0 Å². The van der Waals surface area contributed by atoms with Crippen molar-refractivity contribution >= 4 is 6.29 Å². The van der Waals surface area contributed by atoms with E-state index in [0.717, 1.165) is 11.9 Å². The van der Waals surface area contributed by atoms with Crippen LogP contribution in [0.15, 0.2) is 23.8 Å². The van der Waals surface area contributed by atoms with Gasteiger partial charge < -0.3 is 4.90 Å². The predicted octanol–water partition coefficient (Wildman–Crippen LogP) is 1.88. The molecular formula is C11H19NO. The van der Waals surface area contributed by atoms with Crippen LogP contribution < -0.4 is 0 Å². The van der Waals surface area contributed by atoms with Gasteiger partial charge in [-0.05, 0) is 20.0 Å². The summed E-state index contributed by atoms with van der Waals surface area (Å²) in [7, 11) is 4.09. The van der Waals surface area contributed by atoms with E-state index in [1.807, 2.05) is 26.2 Å². The fraction of sp³-hybridized carbons (Fsp3) is 0.545. The Morgan fingerprint density at radius 3 is 2.46 bits per heavy atom. The smallest absolute Gasteiger partial charge is 0.149 e. The Hall–Kier alpha value is -0.890. The Balaban J connectivity index is 0.00000144. The van der Waals surface area contributed by atoms with E-state index in [9.17, 15) is 4.79 Å². The lowest BCUT2D eigenvalue weighted by Crippen LogP contribution is -2.32. The quantitative estimate of drug-likeness (QED) is 0.606. The first-order chi connectivity index (χ1) is 5.65. The first kappa shape index (κ1) is 12.1. The molecule has 0 N–H and O–H groups in total. The normalized spacial score (nSPS) is 26.6. The van der Waals surface area contributed by atoms with Gasteiger partial charge in [-0.15, -0.1) is 0 Å². The van der Waals surface area contributed by atoms with Crippen molar-refractivity contribution in [2.75, 3.05) is 14.1 Å². The third kappa shape index (κ3) is 2.81. The number of rotatable bonds is 2. The maximum absolute atomic E-state index is 10.4. The van der Waals surface area contributed by atoms with Gasteiger partial charge in [0.15, 0.2) is 0 Å². The lowest BCUT2D eigenvalue weighted by Gasteiger charge is -2.27. The molecule has 0 spiro atoms. The van der Waals surface area contributed by atoms with Crippen LogP contribution in [0.1, 0.15) is 14.4 Å². The summed E-state index contributed by atoms with van der Waals surface area (Å²) in [5.41, 5.74) is 0.792. The molecule has 0 heterocycles. The maximum atomic E-state index is 10.4. The summed E-state index contributed by atoms with van der Waals surface area (Å²) < 4.78 is 0. The van der Waals surface area contributed by atoms with Gasteiger partial charge in [-0.2, -0.15) is 0 Å². The first-order valence-corrected chi connectivity index (χ1v) is 4.17. The average molecular weight is 181 g/mol. The van der Waals surface area contributed by atoms with Crippen molar-refractivity contribution in [2.24, 2.45) is 5.92 Å². The molecule has 0 saturated heterocycles. The van der Waals surface area contributed by atoms with Crippen LogP contribution in [0.25, 0.3) is 0 Å². The first-order valence-electron chi connectivity index (χ1n) is 4.17. The number of likely N-dealkylation sites (N-methyl/N-ethyl adjacent to an activating group) is 1. The number of hydrogen-bond donors (Lipinski definition) is 0. The molecule has 2 atom stereocenters. The highest BCUT2D eigenvalue weighted by Crippen LogP contribution is 2.18. The fourth-order valence-electron chi connectivity index (χ4n) is 1.56. The number of hydrogen-bond acceptors (Lipinski definition) is 2. The van der Waals surface area contributed by atoms with Gasteiger partial charge in [-0.3, -0.25) is 4.79 Å². The van der Waals surface area contributed by atoms with Gasteiger partial charge in [-0.1, -0.05) is 32.6 Å². The number of carbonyl (C=O) groups is 1. The van der Waals surface area contributed by atoms with Crippen molar-refractivity contribution in [1.82, 2.24) is 4.90 Å². The molecule has 0 aliphatic heterocycles.